The molecule has 0 aliphatic rings. The summed E-state index contributed by atoms with van der Waals surface area (Å²) >= 11 is 0. The van der Waals surface area contributed by atoms with E-state index in [2.05, 4.69) is 5.32 Å². The summed E-state index contributed by atoms with van der Waals surface area (Å²) in [6.45, 7) is 5.79. The van der Waals surface area contributed by atoms with Gasteiger partial charge in [0.05, 0.1) is 36.1 Å². The van der Waals surface area contributed by atoms with Gasteiger partial charge in [-0.1, -0.05) is 24.3 Å². The van der Waals surface area contributed by atoms with Crippen molar-refractivity contribution in [2.45, 2.75) is 33.5 Å². The van der Waals surface area contributed by atoms with Crippen LogP contribution in [0.25, 0.3) is 0 Å². The van der Waals surface area contributed by atoms with E-state index in [0.717, 1.165) is 5.56 Å². The van der Waals surface area contributed by atoms with E-state index in [-0.39, 0.29) is 18.3 Å². The maximum Gasteiger partial charge on any atom is 0.340 e. The SMILES string of the molecule is CCOC(=O)c1ccccc1NC(=O)COC(=O)c1ccc(COC(C)C)cc1. The molecule has 0 saturated heterocycles. The van der Waals surface area contributed by atoms with Crippen molar-refractivity contribution in [1.82, 2.24) is 0 Å². The lowest BCUT2D eigenvalue weighted by atomic mass is 10.1. The standard InChI is InChI=1S/C22H25NO6/c1-4-27-22(26)18-7-5-6-8-19(18)23-20(24)14-29-21(25)17-11-9-16(10-12-17)13-28-15(2)3/h5-12,15H,4,13-14H2,1-3H3,(H,23,24). The van der Waals surface area contributed by atoms with Crippen molar-refractivity contribution in [3.05, 3.63) is 65.2 Å². The second-order valence-corrected chi connectivity index (χ2v) is 6.45. The van der Waals surface area contributed by atoms with Gasteiger partial charge in [-0.3, -0.25) is 4.79 Å². The number of nitrogens with one attached hydrogen (secondary N) is 1. The molecule has 0 saturated carbocycles. The third kappa shape index (κ3) is 7.04. The third-order valence-electron chi connectivity index (χ3n) is 3.80. The fourth-order valence-electron chi connectivity index (χ4n) is 2.38. The highest BCUT2D eigenvalue weighted by atomic mass is 16.5. The maximum atomic E-state index is 12.1. The molecule has 1 N–H and O–H groups in total. The summed E-state index contributed by atoms with van der Waals surface area (Å²) in [6.07, 6.45) is 0.118. The first-order chi connectivity index (χ1) is 13.9. The van der Waals surface area contributed by atoms with Crippen molar-refractivity contribution >= 4 is 23.5 Å². The van der Waals surface area contributed by atoms with Gasteiger partial charge in [0.1, 0.15) is 0 Å². The number of esters is 2. The molecule has 0 fully saturated rings. The maximum absolute atomic E-state index is 12.1. The molecule has 2 rings (SSSR count). The highest BCUT2D eigenvalue weighted by molar-refractivity contribution is 6.02. The first-order valence-electron chi connectivity index (χ1n) is 9.34. The zero-order chi connectivity index (χ0) is 21.2. The van der Waals surface area contributed by atoms with Crippen LogP contribution in [0.1, 0.15) is 47.1 Å². The molecule has 0 bridgehead atoms. The van der Waals surface area contributed by atoms with E-state index in [1.54, 1.807) is 55.5 Å². The Hall–Kier alpha value is -3.19. The molecule has 0 atom stereocenters. The van der Waals surface area contributed by atoms with Crippen LogP contribution in [0.3, 0.4) is 0 Å². The predicted octanol–water partition coefficient (Wildman–Crippen LogP) is 3.58. The molecule has 0 heterocycles. The Morgan fingerprint density at radius 3 is 2.28 bits per heavy atom. The summed E-state index contributed by atoms with van der Waals surface area (Å²) in [5.74, 6) is -1.71. The summed E-state index contributed by atoms with van der Waals surface area (Å²) in [4.78, 5) is 36.2. The number of ether oxygens (including phenoxy) is 3. The Labute approximate surface area is 170 Å². The molecule has 2 aromatic rings. The van der Waals surface area contributed by atoms with Crippen LogP contribution in [0.15, 0.2) is 48.5 Å². The fraction of sp³-hybridized carbons (Fsp3) is 0.318. The Bertz CT molecular complexity index is 845. The third-order valence-corrected chi connectivity index (χ3v) is 3.80. The van der Waals surface area contributed by atoms with Crippen molar-refractivity contribution in [3.8, 4) is 0 Å². The Kier molecular flexibility index (Phi) is 8.36. The highest BCUT2D eigenvalue weighted by Gasteiger charge is 2.15. The van der Waals surface area contributed by atoms with Gasteiger partial charge in [0.25, 0.3) is 5.91 Å². The topological polar surface area (TPSA) is 90.9 Å². The van der Waals surface area contributed by atoms with Crippen LogP contribution < -0.4 is 5.32 Å². The fourth-order valence-corrected chi connectivity index (χ4v) is 2.38. The van der Waals surface area contributed by atoms with Crippen molar-refractivity contribution in [2.75, 3.05) is 18.5 Å². The van der Waals surface area contributed by atoms with E-state index in [1.165, 1.54) is 0 Å². The lowest BCUT2D eigenvalue weighted by Gasteiger charge is -2.11. The average Bonchev–Trinajstić information content (AvgIpc) is 2.71. The molecule has 154 valence electrons. The molecule has 0 radical (unpaired) electrons. The molecule has 1 amide bonds. The monoisotopic (exact) mass is 399 g/mol. The van der Waals surface area contributed by atoms with Crippen LogP contribution in [-0.4, -0.2) is 37.2 Å². The number of hydrogen-bond donors (Lipinski definition) is 1. The zero-order valence-electron chi connectivity index (χ0n) is 16.8. The molecule has 0 aliphatic carbocycles. The minimum absolute atomic E-state index is 0.118. The van der Waals surface area contributed by atoms with Gasteiger partial charge in [-0.25, -0.2) is 9.59 Å². The molecule has 29 heavy (non-hydrogen) atoms. The van der Waals surface area contributed by atoms with Crippen LogP contribution in [0.5, 0.6) is 0 Å². The lowest BCUT2D eigenvalue weighted by Crippen LogP contribution is -2.22. The van der Waals surface area contributed by atoms with E-state index in [4.69, 9.17) is 14.2 Å². The summed E-state index contributed by atoms with van der Waals surface area (Å²) in [5, 5.41) is 2.56. The minimum Gasteiger partial charge on any atom is -0.462 e. The van der Waals surface area contributed by atoms with E-state index in [0.29, 0.717) is 17.9 Å². The van der Waals surface area contributed by atoms with Gasteiger partial charge in [-0.2, -0.15) is 0 Å². The first-order valence-corrected chi connectivity index (χ1v) is 9.34. The van der Waals surface area contributed by atoms with Gasteiger partial charge < -0.3 is 19.5 Å². The van der Waals surface area contributed by atoms with Gasteiger partial charge in [0.2, 0.25) is 0 Å². The predicted molar refractivity (Wildman–Crippen MR) is 108 cm³/mol. The summed E-state index contributed by atoms with van der Waals surface area (Å²) in [5.41, 5.74) is 1.79. The number of anilines is 1. The number of benzene rings is 2. The average molecular weight is 399 g/mol. The molecule has 2 aromatic carbocycles. The van der Waals surface area contributed by atoms with Gasteiger partial charge in [0.15, 0.2) is 6.61 Å². The van der Waals surface area contributed by atoms with Gasteiger partial charge in [-0.05, 0) is 50.6 Å². The number of hydrogen-bond acceptors (Lipinski definition) is 6. The van der Waals surface area contributed by atoms with E-state index < -0.39 is 24.5 Å². The first kappa shape index (κ1) is 22.1. The molecule has 7 heteroatoms. The number of amides is 1. The van der Waals surface area contributed by atoms with Crippen molar-refractivity contribution in [1.29, 1.82) is 0 Å². The normalized spacial score (nSPS) is 10.5. The zero-order valence-corrected chi connectivity index (χ0v) is 16.8. The molecule has 7 nitrogen and oxygen atoms in total. The van der Waals surface area contributed by atoms with Crippen LogP contribution in [0.2, 0.25) is 0 Å². The summed E-state index contributed by atoms with van der Waals surface area (Å²) in [6, 6.07) is 13.2. The Morgan fingerprint density at radius 1 is 0.931 bits per heavy atom. The second kappa shape index (κ2) is 11.0. The van der Waals surface area contributed by atoms with E-state index >= 15 is 0 Å². The summed E-state index contributed by atoms with van der Waals surface area (Å²) in [7, 11) is 0. The van der Waals surface area contributed by atoms with Crippen LogP contribution in [-0.2, 0) is 25.6 Å². The van der Waals surface area contributed by atoms with Gasteiger partial charge in [0, 0.05) is 0 Å². The number of para-hydroxylation sites is 1. The van der Waals surface area contributed by atoms with Crippen molar-refractivity contribution < 1.29 is 28.6 Å². The number of rotatable bonds is 9. The van der Waals surface area contributed by atoms with Crippen LogP contribution in [0, 0.1) is 0 Å². The molecular formula is C22H25NO6. The number of carbonyl (C=O) groups is 3. The van der Waals surface area contributed by atoms with Gasteiger partial charge in [-0.15, -0.1) is 0 Å². The molecular weight excluding hydrogens is 374 g/mol. The highest BCUT2D eigenvalue weighted by Crippen LogP contribution is 2.16. The molecule has 0 aliphatic heterocycles. The quantitative estimate of drug-likeness (QED) is 0.648. The van der Waals surface area contributed by atoms with E-state index in [9.17, 15) is 14.4 Å². The molecule has 0 spiro atoms. The minimum atomic E-state index is -0.616. The number of carbonyl (C=O) groups excluding carboxylic acids is 3. The Balaban J connectivity index is 1.89. The largest absolute Gasteiger partial charge is 0.462 e. The van der Waals surface area contributed by atoms with Crippen molar-refractivity contribution in [3.63, 3.8) is 0 Å². The Morgan fingerprint density at radius 2 is 1.62 bits per heavy atom. The molecule has 0 aromatic heterocycles. The molecule has 0 unspecified atom stereocenters. The smallest absolute Gasteiger partial charge is 0.340 e. The second-order valence-electron chi connectivity index (χ2n) is 6.45. The summed E-state index contributed by atoms with van der Waals surface area (Å²) < 4.78 is 15.5. The van der Waals surface area contributed by atoms with Crippen LogP contribution in [0.4, 0.5) is 5.69 Å². The van der Waals surface area contributed by atoms with Crippen molar-refractivity contribution in [2.24, 2.45) is 0 Å². The van der Waals surface area contributed by atoms with Crippen LogP contribution >= 0.6 is 0 Å². The lowest BCUT2D eigenvalue weighted by molar-refractivity contribution is -0.119. The van der Waals surface area contributed by atoms with E-state index in [1.807, 2.05) is 13.8 Å². The van der Waals surface area contributed by atoms with Gasteiger partial charge >= 0.3 is 11.9 Å².